The highest BCUT2D eigenvalue weighted by molar-refractivity contribution is 6.19. The smallest absolute Gasteiger partial charge is 0.432 e. The van der Waals surface area contributed by atoms with Gasteiger partial charge in [-0.3, -0.25) is 0 Å². The van der Waals surface area contributed by atoms with Crippen LogP contribution in [0.2, 0.25) is 0 Å². The number of rotatable bonds is 2. The molecule has 1 aromatic carbocycles. The first-order valence-electron chi connectivity index (χ1n) is 6.75. The summed E-state index contributed by atoms with van der Waals surface area (Å²) in [6.45, 7) is 0.532. The minimum atomic E-state index is -4.79. The van der Waals surface area contributed by atoms with Gasteiger partial charge in [0, 0.05) is 22.9 Å². The number of nitrogens with two attached hydrogens (primary N) is 1. The highest BCUT2D eigenvalue weighted by atomic mass is 35.5. The van der Waals surface area contributed by atoms with Crippen LogP contribution in [-0.4, -0.2) is 35.6 Å². The molecule has 24 heavy (non-hydrogen) atoms. The molecule has 1 aromatic heterocycles. The van der Waals surface area contributed by atoms with E-state index in [4.69, 9.17) is 11.6 Å². The maximum atomic E-state index is 13.3. The molecule has 2 heterocycles. The second-order valence-corrected chi connectivity index (χ2v) is 5.61. The summed E-state index contributed by atoms with van der Waals surface area (Å²) in [6.07, 6.45) is -4.79. The van der Waals surface area contributed by atoms with Crippen molar-refractivity contribution >= 4 is 34.2 Å². The zero-order chi connectivity index (χ0) is 16.9. The van der Waals surface area contributed by atoms with Crippen molar-refractivity contribution in [1.82, 2.24) is 4.98 Å². The molecule has 1 atom stereocenters. The number of hydrogen-bond donors (Lipinski definition) is 3. The number of aromatic amines is 1. The number of phenols is 1. The number of carbonyl (C=O) groups is 1. The van der Waals surface area contributed by atoms with Gasteiger partial charge in [0.05, 0.1) is 30.7 Å². The maximum Gasteiger partial charge on any atom is 0.432 e. The number of aromatic nitrogens is 1. The van der Waals surface area contributed by atoms with Crippen molar-refractivity contribution in [3.05, 3.63) is 22.9 Å². The lowest BCUT2D eigenvalue weighted by atomic mass is 9.95. The number of fused-ring (bicyclic) bond motifs is 3. The average molecular weight is 385 g/mol. The summed E-state index contributed by atoms with van der Waals surface area (Å²) in [6, 6.07) is 1.38. The number of benzene rings is 1. The lowest BCUT2D eigenvalue weighted by Crippen LogP contribution is -3.00. The lowest BCUT2D eigenvalue weighted by Gasteiger charge is -2.09. The first-order valence-corrected chi connectivity index (χ1v) is 7.29. The molecule has 0 amide bonds. The summed E-state index contributed by atoms with van der Waals surface area (Å²) in [5.74, 6) is -1.51. The Bertz CT molecular complexity index is 805. The summed E-state index contributed by atoms with van der Waals surface area (Å²) in [5.41, 5.74) is -0.879. The van der Waals surface area contributed by atoms with Crippen LogP contribution in [0.5, 0.6) is 5.75 Å². The zero-order valence-electron chi connectivity index (χ0n) is 12.3. The zero-order valence-corrected chi connectivity index (χ0v) is 13.8. The maximum absolute atomic E-state index is 13.3. The molecule has 1 aliphatic rings. The van der Waals surface area contributed by atoms with Crippen LogP contribution < -0.4 is 17.7 Å². The Morgan fingerprint density at radius 1 is 1.54 bits per heavy atom. The fraction of sp³-hybridized carbons (Fsp3) is 0.357. The average Bonchev–Trinajstić information content (AvgIpc) is 3.06. The second-order valence-electron chi connectivity index (χ2n) is 5.30. The van der Waals surface area contributed by atoms with E-state index in [2.05, 4.69) is 9.72 Å². The van der Waals surface area contributed by atoms with E-state index >= 15 is 0 Å². The Morgan fingerprint density at radius 3 is 2.75 bits per heavy atom. The molecular weight excluding hydrogens is 372 g/mol. The molecule has 10 heteroatoms. The molecule has 4 N–H and O–H groups in total. The van der Waals surface area contributed by atoms with E-state index in [0.717, 1.165) is 7.11 Å². The molecule has 5 nitrogen and oxygen atoms in total. The predicted molar refractivity (Wildman–Crippen MR) is 76.2 cm³/mol. The van der Waals surface area contributed by atoms with Gasteiger partial charge in [0.1, 0.15) is 17.1 Å². The van der Waals surface area contributed by atoms with E-state index in [1.807, 2.05) is 0 Å². The molecule has 0 saturated heterocycles. The molecule has 1 unspecified atom stereocenters. The standard InChI is InChI=1S/C14H12ClF3N2O3.ClH/c1-23-13(22)10-9-8-5(3-15)4-19-6(8)2-7(21)11(9)20-12(10)14(16,17)18;/h2,5,19-21H,3-4H2,1H3;1H. The van der Waals surface area contributed by atoms with Crippen LogP contribution in [0.15, 0.2) is 6.07 Å². The van der Waals surface area contributed by atoms with Crippen molar-refractivity contribution in [2.75, 3.05) is 19.5 Å². The highest BCUT2D eigenvalue weighted by Gasteiger charge is 2.42. The number of aromatic hydroxyl groups is 1. The number of phenolic OH excluding ortho intramolecular Hbond substituents is 1. The number of nitrogens with one attached hydrogen (secondary N) is 1. The Balaban J connectivity index is 0.00000208. The number of carbonyl (C=O) groups excluding carboxylic acids is 1. The third kappa shape index (κ3) is 2.68. The first-order chi connectivity index (χ1) is 10.8. The van der Waals surface area contributed by atoms with Crippen molar-refractivity contribution in [1.29, 1.82) is 0 Å². The number of esters is 1. The van der Waals surface area contributed by atoms with Crippen LogP contribution in [-0.2, 0) is 10.9 Å². The van der Waals surface area contributed by atoms with Crippen LogP contribution in [0.25, 0.3) is 10.9 Å². The lowest BCUT2D eigenvalue weighted by molar-refractivity contribution is -0.563. The van der Waals surface area contributed by atoms with Crippen molar-refractivity contribution < 1.29 is 45.5 Å². The number of quaternary nitrogens is 1. The number of methoxy groups -OCH3 is 1. The van der Waals surface area contributed by atoms with Gasteiger partial charge < -0.3 is 32.6 Å². The Hall–Kier alpha value is -1.64. The summed E-state index contributed by atoms with van der Waals surface area (Å²) >= 11 is 5.91. The summed E-state index contributed by atoms with van der Waals surface area (Å²) < 4.78 is 44.4. The van der Waals surface area contributed by atoms with Gasteiger partial charge in [-0.25, -0.2) is 4.79 Å². The highest BCUT2D eigenvalue weighted by Crippen LogP contribution is 2.44. The minimum Gasteiger partial charge on any atom is -1.00 e. The van der Waals surface area contributed by atoms with Crippen LogP contribution in [0.4, 0.5) is 18.9 Å². The van der Waals surface area contributed by atoms with Gasteiger partial charge in [-0.1, -0.05) is 0 Å². The predicted octanol–water partition coefficient (Wildman–Crippen LogP) is -0.786. The van der Waals surface area contributed by atoms with Gasteiger partial charge in [-0.2, -0.15) is 13.2 Å². The molecule has 0 aliphatic carbocycles. The number of halogens is 5. The molecule has 132 valence electrons. The number of H-pyrrole nitrogens is 1. The molecule has 0 bridgehead atoms. The van der Waals surface area contributed by atoms with Crippen molar-refractivity contribution in [2.24, 2.45) is 0 Å². The molecule has 0 radical (unpaired) electrons. The van der Waals surface area contributed by atoms with Crippen molar-refractivity contribution in [3.63, 3.8) is 0 Å². The van der Waals surface area contributed by atoms with E-state index in [0.29, 0.717) is 17.8 Å². The monoisotopic (exact) mass is 384 g/mol. The Kier molecular flexibility index (Phi) is 4.94. The Labute approximate surface area is 145 Å². The number of hydrogen-bond acceptors (Lipinski definition) is 3. The first kappa shape index (κ1) is 18.7. The van der Waals surface area contributed by atoms with E-state index < -0.39 is 23.4 Å². The normalized spacial score (nSPS) is 16.8. The van der Waals surface area contributed by atoms with E-state index in [1.54, 1.807) is 5.32 Å². The van der Waals surface area contributed by atoms with Crippen LogP contribution >= 0.6 is 11.6 Å². The van der Waals surface area contributed by atoms with E-state index in [-0.39, 0.29) is 40.9 Å². The second kappa shape index (κ2) is 6.34. The quantitative estimate of drug-likeness (QED) is 0.361. The summed E-state index contributed by atoms with van der Waals surface area (Å²) in [7, 11) is 1.01. The van der Waals surface area contributed by atoms with Gasteiger partial charge in [0.2, 0.25) is 0 Å². The van der Waals surface area contributed by atoms with E-state index in [9.17, 15) is 23.1 Å². The molecule has 0 saturated carbocycles. The third-order valence-corrected chi connectivity index (χ3v) is 4.39. The summed E-state index contributed by atoms with van der Waals surface area (Å²) in [5, 5.41) is 11.9. The van der Waals surface area contributed by atoms with Crippen LogP contribution in [0.1, 0.15) is 27.5 Å². The van der Waals surface area contributed by atoms with Gasteiger partial charge in [0.15, 0.2) is 0 Å². The number of ether oxygens (including phenoxy) is 1. The van der Waals surface area contributed by atoms with Gasteiger partial charge >= 0.3 is 12.1 Å². The number of alkyl halides is 4. The fourth-order valence-electron chi connectivity index (χ4n) is 3.06. The van der Waals surface area contributed by atoms with Crippen LogP contribution in [0, 0.1) is 0 Å². The van der Waals surface area contributed by atoms with Gasteiger partial charge in [0.25, 0.3) is 0 Å². The fourth-order valence-corrected chi connectivity index (χ4v) is 3.34. The van der Waals surface area contributed by atoms with Crippen molar-refractivity contribution in [2.45, 2.75) is 12.1 Å². The molecule has 0 spiro atoms. The van der Waals surface area contributed by atoms with Gasteiger partial charge in [-0.15, -0.1) is 11.6 Å². The molecule has 2 aromatic rings. The van der Waals surface area contributed by atoms with Crippen LogP contribution in [0.3, 0.4) is 0 Å². The third-order valence-electron chi connectivity index (χ3n) is 4.02. The minimum absolute atomic E-state index is 0. The topological polar surface area (TPSA) is 78.9 Å². The molecular formula is C14H13Cl2F3N2O3. The SMILES string of the molecule is COC(=O)c1c(C(F)(F)F)[nH]c2c(O)cc3c(c12)C(CCl)C[NH2+]3.[Cl-]. The van der Waals surface area contributed by atoms with Gasteiger partial charge in [-0.05, 0) is 0 Å². The molecule has 1 aliphatic heterocycles. The molecule has 3 rings (SSSR count). The van der Waals surface area contributed by atoms with E-state index in [1.165, 1.54) is 6.07 Å². The largest absolute Gasteiger partial charge is 1.00 e. The Morgan fingerprint density at radius 2 is 2.21 bits per heavy atom. The van der Waals surface area contributed by atoms with Crippen molar-refractivity contribution in [3.8, 4) is 5.75 Å². The molecule has 0 fully saturated rings. The summed E-state index contributed by atoms with van der Waals surface area (Å²) in [4.78, 5) is 14.1.